The van der Waals surface area contributed by atoms with Crippen LogP contribution < -0.4 is 0 Å². The Morgan fingerprint density at radius 1 is 0.462 bits per heavy atom. The van der Waals surface area contributed by atoms with Gasteiger partial charge in [0.15, 0.2) is 0 Å². The largest absolute Gasteiger partial charge is 2.00 e. The van der Waals surface area contributed by atoms with Crippen molar-refractivity contribution in [2.75, 3.05) is 0 Å². The van der Waals surface area contributed by atoms with Crippen LogP contribution in [0.3, 0.4) is 0 Å². The molecule has 0 rings (SSSR count). The third kappa shape index (κ3) is 1940. The SMILES string of the molecule is O.O.O.O.O.[F][Zr-2]([F])([F])([F])([F])[F].[Zn+2]. The Hall–Kier alpha value is 0.886. The maximum absolute atomic E-state index is 11.3. The molecule has 13 heavy (non-hydrogen) atoms. The fraction of sp³-hybridized carbons (Fsp3) is 0. The van der Waals surface area contributed by atoms with E-state index in [4.69, 9.17) is 0 Å². The first-order valence-electron chi connectivity index (χ1n) is 1.13. The van der Waals surface area contributed by atoms with Gasteiger partial charge in [-0.3, -0.25) is 0 Å². The Bertz CT molecular complexity index is 79.6. The zero-order valence-electron chi connectivity index (χ0n) is 5.97. The Morgan fingerprint density at radius 3 is 0.462 bits per heavy atom. The van der Waals surface area contributed by atoms with Crippen LogP contribution in [0.4, 0.5) is 15.8 Å². The van der Waals surface area contributed by atoms with Crippen molar-refractivity contribution in [3.05, 3.63) is 0 Å². The molecule has 13 heteroatoms. The van der Waals surface area contributed by atoms with Crippen molar-refractivity contribution >= 4 is 0 Å². The molecule has 0 unspecified atom stereocenters. The molecule has 0 radical (unpaired) electrons. The monoisotopic (exact) mass is 358 g/mol. The molecule has 0 fully saturated rings. The minimum Gasteiger partial charge on any atom is 2.00 e. The molecule has 0 aliphatic rings. The Morgan fingerprint density at radius 2 is 0.462 bits per heavy atom. The zero-order chi connectivity index (χ0) is 6.41. The number of hydrogen-bond donors (Lipinski definition) is 0. The topological polar surface area (TPSA) is 158 Å². The number of rotatable bonds is 0. The molecule has 88 valence electrons. The number of halogens is 6. The molecule has 5 nitrogen and oxygen atoms in total. The molecule has 0 aromatic carbocycles. The molecular weight excluding hydrogens is 351 g/mol. The maximum atomic E-state index is 9.93. The summed E-state index contributed by atoms with van der Waals surface area (Å²) in [6.07, 6.45) is 0. The molecule has 0 amide bonds. The van der Waals surface area contributed by atoms with Crippen molar-refractivity contribution in [3.8, 4) is 0 Å². The summed E-state index contributed by atoms with van der Waals surface area (Å²) in [6, 6.07) is 0. The van der Waals surface area contributed by atoms with E-state index in [0.29, 0.717) is 0 Å². The van der Waals surface area contributed by atoms with E-state index in [9.17, 15) is 15.8 Å². The van der Waals surface area contributed by atoms with Gasteiger partial charge in [-0.2, -0.15) is 0 Å². The quantitative estimate of drug-likeness (QED) is 0.360. The van der Waals surface area contributed by atoms with E-state index in [-0.39, 0.29) is 46.9 Å². The van der Waals surface area contributed by atoms with E-state index in [1.165, 1.54) is 0 Å². The second-order valence-electron chi connectivity index (χ2n) is 1.07. The second-order valence-corrected chi connectivity index (χ2v) is 6.34. The summed E-state index contributed by atoms with van der Waals surface area (Å²) in [6.45, 7) is 0. The van der Waals surface area contributed by atoms with Gasteiger partial charge in [0.2, 0.25) is 0 Å². The van der Waals surface area contributed by atoms with Crippen molar-refractivity contribution in [2.45, 2.75) is 0 Å². The van der Waals surface area contributed by atoms with Crippen molar-refractivity contribution in [1.82, 2.24) is 0 Å². The third-order valence-electron chi connectivity index (χ3n) is 0. The molecule has 0 saturated heterocycles. The summed E-state index contributed by atoms with van der Waals surface area (Å²) in [5, 5.41) is 0. The van der Waals surface area contributed by atoms with Crippen LogP contribution in [-0.2, 0) is 40.4 Å². The molecule has 0 bridgehead atoms. The summed E-state index contributed by atoms with van der Waals surface area (Å²) in [5.41, 5.74) is 0. The van der Waals surface area contributed by atoms with E-state index in [1.54, 1.807) is 0 Å². The predicted molar refractivity (Wildman–Crippen MR) is 24.7 cm³/mol. The van der Waals surface area contributed by atoms with E-state index in [0.717, 1.165) is 0 Å². The first-order chi connectivity index (χ1) is 2.45. The maximum Gasteiger partial charge on any atom is 2.00 e. The first kappa shape index (κ1) is 48.6. The molecule has 0 aliphatic carbocycles. The molecule has 0 aromatic heterocycles. The van der Waals surface area contributed by atoms with Crippen LogP contribution in [0.2, 0.25) is 0 Å². The Balaban J connectivity index is -0.0000000120. The average Bonchev–Trinajstić information content (AvgIpc) is 0.592. The minimum absolute atomic E-state index is 0. The van der Waals surface area contributed by atoms with Crippen LogP contribution in [0.15, 0.2) is 0 Å². The van der Waals surface area contributed by atoms with Crippen LogP contribution in [-0.4, -0.2) is 27.4 Å². The molecular formula is H10F6O5ZnZr. The third-order valence-corrected chi connectivity index (χ3v) is 0. The summed E-state index contributed by atoms with van der Waals surface area (Å²) in [7, 11) is 0. The molecule has 0 aromatic rings. The van der Waals surface area contributed by atoms with Gasteiger partial charge in [0, 0.05) is 0 Å². The zero-order valence-corrected chi connectivity index (χ0v) is 11.4. The van der Waals surface area contributed by atoms with Gasteiger partial charge in [-0.25, -0.2) is 0 Å². The molecule has 0 spiro atoms. The second kappa shape index (κ2) is 7.21. The van der Waals surface area contributed by atoms with Gasteiger partial charge < -0.3 is 27.4 Å². The van der Waals surface area contributed by atoms with Gasteiger partial charge >= 0.3 is 56.2 Å². The van der Waals surface area contributed by atoms with Crippen molar-refractivity contribution in [3.63, 3.8) is 0 Å². The predicted octanol–water partition coefficient (Wildman–Crippen LogP) is -1.61. The normalized spacial score (nSPS) is 12.5. The van der Waals surface area contributed by atoms with Gasteiger partial charge in [0.1, 0.15) is 0 Å². The molecule has 10 N–H and O–H groups in total. The minimum atomic E-state index is -11.3. The summed E-state index contributed by atoms with van der Waals surface area (Å²) >= 11 is -11.3. The van der Waals surface area contributed by atoms with Crippen LogP contribution in [0.5, 0.6) is 0 Å². The van der Waals surface area contributed by atoms with Gasteiger partial charge in [-0.1, -0.05) is 0 Å². The van der Waals surface area contributed by atoms with Crippen molar-refractivity contribution < 1.29 is 83.6 Å². The smallest absolute Gasteiger partial charge is 2.00 e. The fourth-order valence-electron chi connectivity index (χ4n) is 0. The molecule has 0 aliphatic heterocycles. The van der Waals surface area contributed by atoms with Crippen molar-refractivity contribution in [1.29, 1.82) is 0 Å². The fourth-order valence-corrected chi connectivity index (χ4v) is 0. The molecule has 0 saturated carbocycles. The standard InChI is InChI=1S/6FH.5H2O.Zn.Zr/h6*1H;5*1H2;;/q;;;;;;;;;;;+2;+4/p-6. The summed E-state index contributed by atoms with van der Waals surface area (Å²) in [5.74, 6) is 0. The van der Waals surface area contributed by atoms with Gasteiger partial charge in [-0.05, 0) is 0 Å². The average molecular weight is 361 g/mol. The van der Waals surface area contributed by atoms with Crippen LogP contribution >= 0.6 is 0 Å². The van der Waals surface area contributed by atoms with Gasteiger partial charge in [0.05, 0.1) is 0 Å². The van der Waals surface area contributed by atoms with Gasteiger partial charge in [0.25, 0.3) is 0 Å². The van der Waals surface area contributed by atoms with E-state index in [1.807, 2.05) is 0 Å². The van der Waals surface area contributed by atoms with Gasteiger partial charge in [-0.15, -0.1) is 0 Å². The van der Waals surface area contributed by atoms with Crippen LogP contribution in [0.25, 0.3) is 0 Å². The number of hydrogen-bond acceptors (Lipinski definition) is 0. The molecule has 0 atom stereocenters. The summed E-state index contributed by atoms with van der Waals surface area (Å²) in [4.78, 5) is 0. The van der Waals surface area contributed by atoms with Crippen LogP contribution in [0, 0.1) is 0 Å². The Labute approximate surface area is 83.6 Å². The Kier molecular flexibility index (Phi) is 27.0. The summed E-state index contributed by atoms with van der Waals surface area (Å²) < 4.78 is 59.6. The van der Waals surface area contributed by atoms with E-state index >= 15 is 0 Å². The van der Waals surface area contributed by atoms with Crippen LogP contribution in [0.1, 0.15) is 0 Å². The first-order valence-corrected chi connectivity index (χ1v) is 6.71. The molecule has 0 heterocycles. The van der Waals surface area contributed by atoms with Crippen molar-refractivity contribution in [2.24, 2.45) is 0 Å². The van der Waals surface area contributed by atoms with E-state index in [2.05, 4.69) is 0 Å². The van der Waals surface area contributed by atoms with E-state index < -0.39 is 21.0 Å².